The van der Waals surface area contributed by atoms with Gasteiger partial charge in [0.2, 0.25) is 0 Å². The van der Waals surface area contributed by atoms with Crippen LogP contribution >= 0.6 is 0 Å². The van der Waals surface area contributed by atoms with Crippen LogP contribution in [0.4, 0.5) is 26.3 Å². The van der Waals surface area contributed by atoms with Crippen molar-refractivity contribution in [3.05, 3.63) is 29.3 Å². The van der Waals surface area contributed by atoms with Crippen LogP contribution in [-0.2, 0) is 17.1 Å². The summed E-state index contributed by atoms with van der Waals surface area (Å²) in [7, 11) is 0. The highest BCUT2D eigenvalue weighted by Gasteiger charge is 2.37. The number of benzene rings is 1. The smallest absolute Gasteiger partial charge is 0.416 e. The van der Waals surface area contributed by atoms with Crippen molar-refractivity contribution in [1.82, 2.24) is 0 Å². The molecular weight excluding hydrogens is 290 g/mol. The number of ether oxygens (including phenoxy) is 1. The minimum atomic E-state index is -4.94. The highest BCUT2D eigenvalue weighted by molar-refractivity contribution is 5.79. The molecule has 0 unspecified atom stereocenters. The maximum atomic E-state index is 12.5. The van der Waals surface area contributed by atoms with Crippen molar-refractivity contribution in [3.8, 4) is 5.75 Å². The van der Waals surface area contributed by atoms with Gasteiger partial charge in [0.15, 0.2) is 5.78 Å². The summed E-state index contributed by atoms with van der Waals surface area (Å²) in [4.78, 5) is 11.0. The van der Waals surface area contributed by atoms with Gasteiger partial charge in [-0.3, -0.25) is 4.79 Å². The first kappa shape index (κ1) is 16.3. The Kier molecular flexibility index (Phi) is 4.67. The summed E-state index contributed by atoms with van der Waals surface area (Å²) in [6, 6.07) is 0.852. The van der Waals surface area contributed by atoms with E-state index in [0.717, 1.165) is 0 Å². The summed E-state index contributed by atoms with van der Waals surface area (Å²) in [5, 5.41) is 0. The third-order valence-corrected chi connectivity index (χ3v) is 2.36. The molecule has 0 amide bonds. The zero-order chi connectivity index (χ0) is 15.6. The topological polar surface area (TPSA) is 26.3 Å². The molecule has 0 fully saturated rings. The second-order valence-electron chi connectivity index (χ2n) is 3.92. The van der Waals surface area contributed by atoms with Gasteiger partial charge in [-0.15, -0.1) is 0 Å². The average Bonchev–Trinajstić information content (AvgIpc) is 2.33. The molecule has 1 aromatic rings. The summed E-state index contributed by atoms with van der Waals surface area (Å²) >= 11 is 0. The molecule has 1 rings (SSSR count). The first-order valence-electron chi connectivity index (χ1n) is 5.48. The quantitative estimate of drug-likeness (QED) is 0.783. The number of hydrogen-bond donors (Lipinski definition) is 0. The lowest BCUT2D eigenvalue weighted by molar-refractivity contribution is -0.143. The Labute approximate surface area is 110 Å². The van der Waals surface area contributed by atoms with Gasteiger partial charge in [0.25, 0.3) is 0 Å². The molecular formula is C12H10F6O2. The molecule has 0 spiro atoms. The molecule has 112 valence electrons. The summed E-state index contributed by atoms with van der Waals surface area (Å²) in [6.07, 6.45) is -9.80. The van der Waals surface area contributed by atoms with Crippen molar-refractivity contribution in [2.75, 3.05) is 6.61 Å². The Balaban J connectivity index is 3.14. The van der Waals surface area contributed by atoms with E-state index in [1.54, 1.807) is 0 Å². The Hall–Kier alpha value is -1.73. The molecule has 0 radical (unpaired) electrons. The number of halogens is 6. The third-order valence-electron chi connectivity index (χ3n) is 2.36. The lowest BCUT2D eigenvalue weighted by Crippen LogP contribution is -2.13. The van der Waals surface area contributed by atoms with Crippen molar-refractivity contribution in [2.45, 2.75) is 25.7 Å². The summed E-state index contributed by atoms with van der Waals surface area (Å²) in [6.45, 7) is 0.925. The minimum Gasteiger partial charge on any atom is -0.486 e. The Morgan fingerprint density at radius 1 is 1.00 bits per heavy atom. The van der Waals surface area contributed by atoms with Gasteiger partial charge in [-0.25, -0.2) is 0 Å². The molecule has 0 aliphatic carbocycles. The first-order valence-corrected chi connectivity index (χ1v) is 5.48. The zero-order valence-corrected chi connectivity index (χ0v) is 10.2. The van der Waals surface area contributed by atoms with E-state index in [9.17, 15) is 31.1 Å². The van der Waals surface area contributed by atoms with Crippen molar-refractivity contribution >= 4 is 5.78 Å². The third kappa shape index (κ3) is 4.43. The van der Waals surface area contributed by atoms with Gasteiger partial charge < -0.3 is 4.74 Å². The molecule has 0 aromatic heterocycles. The molecule has 0 aliphatic rings. The fourth-order valence-corrected chi connectivity index (χ4v) is 1.28. The number of rotatable bonds is 4. The van der Waals surface area contributed by atoms with E-state index in [4.69, 9.17) is 0 Å². The fourth-order valence-electron chi connectivity index (χ4n) is 1.28. The number of carbonyl (C=O) groups excluding carboxylic acids is 1. The number of Topliss-reactive ketones (excluding diaryl/α,β-unsaturated/α-hetero) is 1. The van der Waals surface area contributed by atoms with Crippen LogP contribution in [0.2, 0.25) is 0 Å². The lowest BCUT2D eigenvalue weighted by Gasteiger charge is -2.14. The summed E-state index contributed by atoms with van der Waals surface area (Å²) < 4.78 is 79.7. The van der Waals surface area contributed by atoms with Gasteiger partial charge in [-0.1, -0.05) is 6.92 Å². The molecule has 0 saturated carbocycles. The molecule has 0 heterocycles. The normalized spacial score (nSPS) is 12.3. The predicted octanol–water partition coefficient (Wildman–Crippen LogP) is 4.08. The van der Waals surface area contributed by atoms with E-state index >= 15 is 0 Å². The number of carbonyl (C=O) groups is 1. The van der Waals surface area contributed by atoms with Crippen molar-refractivity contribution in [3.63, 3.8) is 0 Å². The highest BCUT2D eigenvalue weighted by Crippen LogP contribution is 2.38. The molecule has 0 N–H and O–H groups in total. The molecule has 0 atom stereocenters. The van der Waals surface area contributed by atoms with E-state index < -0.39 is 41.6 Å². The van der Waals surface area contributed by atoms with Crippen LogP contribution in [0.25, 0.3) is 0 Å². The monoisotopic (exact) mass is 300 g/mol. The predicted molar refractivity (Wildman–Crippen MR) is 57.2 cm³/mol. The van der Waals surface area contributed by atoms with Gasteiger partial charge in [0.1, 0.15) is 12.4 Å². The van der Waals surface area contributed by atoms with Crippen LogP contribution in [0, 0.1) is 0 Å². The fraction of sp³-hybridized carbons (Fsp3) is 0.417. The maximum absolute atomic E-state index is 12.5. The molecule has 0 saturated heterocycles. The van der Waals surface area contributed by atoms with Gasteiger partial charge >= 0.3 is 12.4 Å². The van der Waals surface area contributed by atoms with E-state index in [-0.39, 0.29) is 12.5 Å². The van der Waals surface area contributed by atoms with Gasteiger partial charge in [-0.05, 0) is 18.2 Å². The second kappa shape index (κ2) is 5.72. The molecule has 0 aliphatic heterocycles. The van der Waals surface area contributed by atoms with Gasteiger partial charge in [-0.2, -0.15) is 26.3 Å². The second-order valence-corrected chi connectivity index (χ2v) is 3.92. The Bertz CT molecular complexity index is 457. The van der Waals surface area contributed by atoms with E-state index in [2.05, 4.69) is 4.74 Å². The van der Waals surface area contributed by atoms with Crippen LogP contribution in [0.1, 0.15) is 24.5 Å². The number of alkyl halides is 6. The van der Waals surface area contributed by atoms with Gasteiger partial charge in [0, 0.05) is 6.42 Å². The van der Waals surface area contributed by atoms with Gasteiger partial charge in [0.05, 0.1) is 11.1 Å². The minimum absolute atomic E-state index is 0.00545. The van der Waals surface area contributed by atoms with Crippen LogP contribution < -0.4 is 4.74 Å². The lowest BCUT2D eigenvalue weighted by atomic mass is 10.1. The van der Waals surface area contributed by atoms with Crippen LogP contribution in [0.3, 0.4) is 0 Å². The van der Waals surface area contributed by atoms with Crippen LogP contribution in [0.15, 0.2) is 18.2 Å². The molecule has 8 heteroatoms. The van der Waals surface area contributed by atoms with E-state index in [1.165, 1.54) is 6.92 Å². The van der Waals surface area contributed by atoms with Crippen molar-refractivity contribution in [2.24, 2.45) is 0 Å². The molecule has 20 heavy (non-hydrogen) atoms. The Morgan fingerprint density at radius 3 is 1.80 bits per heavy atom. The van der Waals surface area contributed by atoms with E-state index in [1.807, 2.05) is 0 Å². The van der Waals surface area contributed by atoms with Crippen LogP contribution in [-0.4, -0.2) is 12.4 Å². The maximum Gasteiger partial charge on any atom is 0.416 e. The van der Waals surface area contributed by atoms with Crippen LogP contribution in [0.5, 0.6) is 5.75 Å². The summed E-state index contributed by atoms with van der Waals surface area (Å²) in [5.41, 5.74) is -2.96. The Morgan fingerprint density at radius 2 is 1.45 bits per heavy atom. The van der Waals surface area contributed by atoms with E-state index in [0.29, 0.717) is 12.1 Å². The summed E-state index contributed by atoms with van der Waals surface area (Å²) in [5.74, 6) is -1.08. The van der Waals surface area contributed by atoms with Crippen molar-refractivity contribution < 1.29 is 35.9 Å². The first-order chi connectivity index (χ1) is 9.04. The molecule has 1 aromatic carbocycles. The number of hydrogen-bond acceptors (Lipinski definition) is 2. The van der Waals surface area contributed by atoms with Crippen molar-refractivity contribution in [1.29, 1.82) is 0 Å². The highest BCUT2D eigenvalue weighted by atomic mass is 19.4. The molecule has 2 nitrogen and oxygen atoms in total. The molecule has 0 bridgehead atoms. The SMILES string of the molecule is CCC(=O)COc1cc(C(F)(F)F)cc(C(F)(F)F)c1. The standard InChI is InChI=1S/C12H10F6O2/c1-2-9(19)6-20-10-4-7(11(13,14)15)3-8(5-10)12(16,17)18/h3-5H,2,6H2,1H3. The zero-order valence-electron chi connectivity index (χ0n) is 10.2. The largest absolute Gasteiger partial charge is 0.486 e. The average molecular weight is 300 g/mol. The number of ketones is 1.